The van der Waals surface area contributed by atoms with Crippen molar-refractivity contribution in [1.82, 2.24) is 0 Å². The van der Waals surface area contributed by atoms with Gasteiger partial charge in [-0.05, 0) is 17.8 Å². The van der Waals surface area contributed by atoms with Crippen molar-refractivity contribution in [2.45, 2.75) is 6.92 Å². The molecule has 0 aliphatic carbocycles. The van der Waals surface area contributed by atoms with Gasteiger partial charge in [-0.2, -0.15) is 4.89 Å². The van der Waals surface area contributed by atoms with Gasteiger partial charge in [-0.1, -0.05) is 6.08 Å². The number of rotatable bonds is 3. The molecule has 1 N–H and O–H groups in total. The van der Waals surface area contributed by atoms with Crippen molar-refractivity contribution in [3.05, 3.63) is 11.6 Å². The summed E-state index contributed by atoms with van der Waals surface area (Å²) in [6.45, 7) is 1.74. The predicted molar refractivity (Wildman–Crippen MR) is 27.5 cm³/mol. The third-order valence-electron chi connectivity index (χ3n) is 0.749. The molecule has 0 fully saturated rings. The van der Waals surface area contributed by atoms with Crippen LogP contribution in [0.2, 0.25) is 0 Å². The molecular formula is C5H9O3. The van der Waals surface area contributed by atoms with Gasteiger partial charge in [-0.25, -0.2) is 0 Å². The highest BCUT2D eigenvalue weighted by Crippen LogP contribution is 1.87. The molecule has 8 heavy (non-hydrogen) atoms. The maximum absolute atomic E-state index is 9.32. The summed E-state index contributed by atoms with van der Waals surface area (Å²) >= 11 is 0. The van der Waals surface area contributed by atoms with Gasteiger partial charge in [0.15, 0.2) is 0 Å². The Morgan fingerprint density at radius 1 is 1.88 bits per heavy atom. The van der Waals surface area contributed by atoms with Gasteiger partial charge in [0.25, 0.3) is 0 Å². The molecule has 0 spiro atoms. The van der Waals surface area contributed by atoms with Crippen molar-refractivity contribution in [3.8, 4) is 0 Å². The maximum Gasteiger partial charge on any atom is 0.104 e. The van der Waals surface area contributed by atoms with E-state index in [-0.39, 0.29) is 13.2 Å². The van der Waals surface area contributed by atoms with E-state index in [4.69, 9.17) is 5.11 Å². The van der Waals surface area contributed by atoms with Crippen molar-refractivity contribution >= 4 is 0 Å². The maximum atomic E-state index is 9.32. The van der Waals surface area contributed by atoms with Gasteiger partial charge in [0.2, 0.25) is 0 Å². The van der Waals surface area contributed by atoms with Crippen LogP contribution in [0.25, 0.3) is 0 Å². The Kier molecular flexibility index (Phi) is 4.54. The highest BCUT2D eigenvalue weighted by molar-refractivity contribution is 4.97. The normalized spacial score (nSPS) is 12.1. The Hall–Kier alpha value is -0.380. The van der Waals surface area contributed by atoms with Crippen LogP contribution in [0.1, 0.15) is 6.92 Å². The molecule has 0 saturated heterocycles. The molecule has 0 heterocycles. The Bertz CT molecular complexity index is 77.7. The molecule has 1 radical (unpaired) electrons. The summed E-state index contributed by atoms with van der Waals surface area (Å²) in [5.74, 6) is 0. The average molecular weight is 117 g/mol. The van der Waals surface area contributed by atoms with Gasteiger partial charge in [-0.3, -0.25) is 0 Å². The molecule has 0 aliphatic heterocycles. The van der Waals surface area contributed by atoms with Crippen LogP contribution in [-0.2, 0) is 10.1 Å². The average Bonchev–Trinajstić information content (AvgIpc) is 1.83. The number of hydrogen-bond donors (Lipinski definition) is 1. The van der Waals surface area contributed by atoms with E-state index in [1.807, 2.05) is 0 Å². The molecule has 0 aromatic heterocycles. The van der Waals surface area contributed by atoms with Crippen LogP contribution < -0.4 is 0 Å². The SMILES string of the molecule is C/C(=C\CO[O])CO. The Morgan fingerprint density at radius 2 is 2.50 bits per heavy atom. The minimum atomic E-state index is -0.0106. The summed E-state index contributed by atoms with van der Waals surface area (Å²) in [6, 6.07) is 0. The molecule has 0 aromatic rings. The molecule has 0 aliphatic rings. The first-order valence-corrected chi connectivity index (χ1v) is 2.32. The Labute approximate surface area is 48.1 Å². The van der Waals surface area contributed by atoms with E-state index < -0.39 is 0 Å². The predicted octanol–water partition coefficient (Wildman–Crippen LogP) is 0.287. The molecule has 0 unspecified atom stereocenters. The summed E-state index contributed by atoms with van der Waals surface area (Å²) in [4.78, 5) is 3.48. The fourth-order valence-corrected chi connectivity index (χ4v) is 0.241. The molecule has 3 nitrogen and oxygen atoms in total. The molecule has 0 amide bonds. The topological polar surface area (TPSA) is 49.4 Å². The first-order chi connectivity index (χ1) is 3.81. The van der Waals surface area contributed by atoms with Gasteiger partial charge in [0.05, 0.1) is 6.61 Å². The van der Waals surface area contributed by atoms with E-state index >= 15 is 0 Å². The fourth-order valence-electron chi connectivity index (χ4n) is 0.241. The van der Waals surface area contributed by atoms with Gasteiger partial charge in [-0.15, -0.1) is 0 Å². The van der Waals surface area contributed by atoms with E-state index in [2.05, 4.69) is 4.89 Å². The van der Waals surface area contributed by atoms with Crippen LogP contribution in [0.5, 0.6) is 0 Å². The molecule has 47 valence electrons. The van der Waals surface area contributed by atoms with E-state index in [1.54, 1.807) is 6.92 Å². The monoisotopic (exact) mass is 117 g/mol. The molecule has 0 aromatic carbocycles. The molecule has 0 atom stereocenters. The van der Waals surface area contributed by atoms with Gasteiger partial charge < -0.3 is 5.11 Å². The summed E-state index contributed by atoms with van der Waals surface area (Å²) in [5.41, 5.74) is 0.751. The Balaban J connectivity index is 3.26. The van der Waals surface area contributed by atoms with Crippen LogP contribution in [-0.4, -0.2) is 18.3 Å². The van der Waals surface area contributed by atoms with Crippen LogP contribution >= 0.6 is 0 Å². The molecular weight excluding hydrogens is 108 g/mol. The largest absolute Gasteiger partial charge is 0.392 e. The van der Waals surface area contributed by atoms with Gasteiger partial charge >= 0.3 is 0 Å². The zero-order chi connectivity index (χ0) is 6.41. The van der Waals surface area contributed by atoms with E-state index in [9.17, 15) is 5.26 Å². The third kappa shape index (κ3) is 3.80. The van der Waals surface area contributed by atoms with Crippen LogP contribution in [0.4, 0.5) is 0 Å². The standard InChI is InChI=1S/C5H9O3/c1-5(4-6)2-3-8-7/h2,6H,3-4H2,1H3/b5-2+. The zero-order valence-electron chi connectivity index (χ0n) is 4.76. The first-order valence-electron chi connectivity index (χ1n) is 2.32. The van der Waals surface area contributed by atoms with E-state index in [1.165, 1.54) is 6.08 Å². The minimum Gasteiger partial charge on any atom is -0.392 e. The first kappa shape index (κ1) is 7.62. The van der Waals surface area contributed by atoms with Crippen molar-refractivity contribution in [1.29, 1.82) is 0 Å². The lowest BCUT2D eigenvalue weighted by Crippen LogP contribution is -1.87. The lowest BCUT2D eigenvalue weighted by atomic mass is 10.3. The van der Waals surface area contributed by atoms with Gasteiger partial charge in [0, 0.05) is 0 Å². The van der Waals surface area contributed by atoms with Crippen LogP contribution in [0.3, 0.4) is 0 Å². The second-order valence-electron chi connectivity index (χ2n) is 1.49. The molecule has 0 saturated carbocycles. The number of aliphatic hydroxyl groups excluding tert-OH is 1. The van der Waals surface area contributed by atoms with Crippen molar-refractivity contribution in [2.24, 2.45) is 0 Å². The summed E-state index contributed by atoms with van der Waals surface area (Å²) in [6.07, 6.45) is 1.53. The van der Waals surface area contributed by atoms with Crippen LogP contribution in [0.15, 0.2) is 11.6 Å². The number of hydrogen-bond acceptors (Lipinski definition) is 2. The highest BCUT2D eigenvalue weighted by Gasteiger charge is 1.82. The lowest BCUT2D eigenvalue weighted by Gasteiger charge is -1.89. The second kappa shape index (κ2) is 4.77. The Morgan fingerprint density at radius 3 is 2.88 bits per heavy atom. The smallest absolute Gasteiger partial charge is 0.104 e. The zero-order valence-corrected chi connectivity index (χ0v) is 4.76. The fraction of sp³-hybridized carbons (Fsp3) is 0.600. The van der Waals surface area contributed by atoms with Crippen molar-refractivity contribution in [2.75, 3.05) is 13.2 Å². The molecule has 0 bridgehead atoms. The number of aliphatic hydroxyl groups is 1. The van der Waals surface area contributed by atoms with Crippen molar-refractivity contribution in [3.63, 3.8) is 0 Å². The van der Waals surface area contributed by atoms with E-state index in [0.29, 0.717) is 0 Å². The minimum absolute atomic E-state index is 0.0106. The summed E-state index contributed by atoms with van der Waals surface area (Å²) in [7, 11) is 0. The summed E-state index contributed by atoms with van der Waals surface area (Å²) < 4.78 is 0. The van der Waals surface area contributed by atoms with Crippen molar-refractivity contribution < 1.29 is 15.3 Å². The molecule has 0 rings (SSSR count). The van der Waals surface area contributed by atoms with Crippen LogP contribution in [0, 0.1) is 0 Å². The molecule has 3 heteroatoms. The quantitative estimate of drug-likeness (QED) is 0.328. The second-order valence-corrected chi connectivity index (χ2v) is 1.49. The van der Waals surface area contributed by atoms with Gasteiger partial charge in [0.1, 0.15) is 6.61 Å². The highest BCUT2D eigenvalue weighted by atomic mass is 17.1. The summed E-state index contributed by atoms with van der Waals surface area (Å²) in [5, 5.41) is 17.7. The van der Waals surface area contributed by atoms with E-state index in [0.717, 1.165) is 5.57 Å². The third-order valence-corrected chi connectivity index (χ3v) is 0.749. The lowest BCUT2D eigenvalue weighted by molar-refractivity contribution is -0.294.